The molecule has 0 saturated heterocycles. The van der Waals surface area contributed by atoms with Gasteiger partial charge in [-0.25, -0.2) is 9.59 Å². The Morgan fingerprint density at radius 2 is 0.667 bits per heavy atom. The molecule has 16 nitrogen and oxygen atoms in total. The first-order valence-corrected chi connectivity index (χ1v) is 12.6. The number of carboxylic acid groups (broad SMARTS) is 2. The van der Waals surface area contributed by atoms with Crippen LogP contribution in [0.15, 0.2) is 24.3 Å². The van der Waals surface area contributed by atoms with Gasteiger partial charge in [0.15, 0.2) is 0 Å². The standard InChI is InChI=1S/2C9H16O6.C8H6O4/c2*10-4-6-14-8(12)2-1-3-9(13)15-7-5-11;9-7(10)5-1-2-6(4-3-5)8(11)12/h2*10-11H,1-7H2;1-4H,(H,9,10)(H,11,12). The molecular formula is C26H38O16. The van der Waals surface area contributed by atoms with E-state index >= 15 is 0 Å². The Bertz CT molecular complexity index is 814. The summed E-state index contributed by atoms with van der Waals surface area (Å²) in [6, 6.07) is 5.02. The Balaban J connectivity index is 0. The molecule has 0 aromatic heterocycles. The third-order valence-corrected chi connectivity index (χ3v) is 4.32. The number of carbonyl (C=O) groups is 6. The van der Waals surface area contributed by atoms with E-state index in [0.717, 1.165) is 0 Å². The van der Waals surface area contributed by atoms with Crippen LogP contribution in [0.25, 0.3) is 0 Å². The predicted molar refractivity (Wildman–Crippen MR) is 140 cm³/mol. The molecule has 0 radical (unpaired) electrons. The van der Waals surface area contributed by atoms with Crippen molar-refractivity contribution in [1.29, 1.82) is 0 Å². The van der Waals surface area contributed by atoms with E-state index in [2.05, 4.69) is 18.9 Å². The fourth-order valence-electron chi connectivity index (χ4n) is 2.44. The number of rotatable bonds is 18. The van der Waals surface area contributed by atoms with Crippen LogP contribution in [0, 0.1) is 0 Å². The Morgan fingerprint density at radius 1 is 0.452 bits per heavy atom. The second-order valence-electron chi connectivity index (χ2n) is 7.67. The molecule has 0 amide bonds. The summed E-state index contributed by atoms with van der Waals surface area (Å²) in [4.78, 5) is 64.2. The molecule has 0 atom stereocenters. The van der Waals surface area contributed by atoms with Gasteiger partial charge in [-0.2, -0.15) is 0 Å². The number of benzene rings is 1. The minimum Gasteiger partial charge on any atom is -0.478 e. The van der Waals surface area contributed by atoms with E-state index in [1.54, 1.807) is 0 Å². The van der Waals surface area contributed by atoms with E-state index in [1.807, 2.05) is 0 Å². The zero-order valence-corrected chi connectivity index (χ0v) is 23.0. The van der Waals surface area contributed by atoms with E-state index in [0.29, 0.717) is 12.8 Å². The highest BCUT2D eigenvalue weighted by atomic mass is 16.6. The van der Waals surface area contributed by atoms with Gasteiger partial charge < -0.3 is 49.6 Å². The minimum absolute atomic E-state index is 0.0200. The van der Waals surface area contributed by atoms with Gasteiger partial charge in [0.2, 0.25) is 0 Å². The van der Waals surface area contributed by atoms with Crippen molar-refractivity contribution in [3.63, 3.8) is 0 Å². The second-order valence-corrected chi connectivity index (χ2v) is 7.67. The number of carbonyl (C=O) groups excluding carboxylic acids is 4. The van der Waals surface area contributed by atoms with Crippen LogP contribution in [0.2, 0.25) is 0 Å². The first kappa shape index (κ1) is 40.0. The third kappa shape index (κ3) is 24.9. The molecule has 238 valence electrons. The van der Waals surface area contributed by atoms with Crippen LogP contribution < -0.4 is 0 Å². The molecule has 0 fully saturated rings. The lowest BCUT2D eigenvalue weighted by atomic mass is 10.1. The van der Waals surface area contributed by atoms with Gasteiger partial charge in [-0.05, 0) is 37.1 Å². The lowest BCUT2D eigenvalue weighted by molar-refractivity contribution is -0.148. The topological polar surface area (TPSA) is 261 Å². The number of hydrogen-bond acceptors (Lipinski definition) is 14. The normalized spacial score (nSPS) is 9.62. The van der Waals surface area contributed by atoms with Gasteiger partial charge in [-0.3, -0.25) is 19.2 Å². The summed E-state index contributed by atoms with van der Waals surface area (Å²) in [5.74, 6) is -3.91. The number of esters is 4. The van der Waals surface area contributed by atoms with Gasteiger partial charge in [0.05, 0.1) is 37.6 Å². The van der Waals surface area contributed by atoms with E-state index in [4.69, 9.17) is 30.6 Å². The van der Waals surface area contributed by atoms with E-state index in [-0.39, 0.29) is 89.7 Å². The maximum Gasteiger partial charge on any atom is 0.335 e. The number of aromatic carboxylic acids is 2. The molecule has 0 spiro atoms. The fraction of sp³-hybridized carbons (Fsp3) is 0.538. The van der Waals surface area contributed by atoms with Crippen molar-refractivity contribution >= 4 is 35.8 Å². The van der Waals surface area contributed by atoms with Crippen LogP contribution in [0.3, 0.4) is 0 Å². The number of aliphatic hydroxyl groups excluding tert-OH is 4. The summed E-state index contributed by atoms with van der Waals surface area (Å²) in [5.41, 5.74) is 0.167. The summed E-state index contributed by atoms with van der Waals surface area (Å²) in [6.07, 6.45) is 1.16. The average Bonchev–Trinajstić information content (AvgIpc) is 2.97. The Labute approximate surface area is 241 Å². The number of carboxylic acids is 2. The van der Waals surface area contributed by atoms with Crippen molar-refractivity contribution in [3.05, 3.63) is 35.4 Å². The van der Waals surface area contributed by atoms with Crippen molar-refractivity contribution in [2.75, 3.05) is 52.9 Å². The molecule has 16 heteroatoms. The van der Waals surface area contributed by atoms with Crippen LogP contribution in [0.1, 0.15) is 59.2 Å². The molecule has 42 heavy (non-hydrogen) atoms. The van der Waals surface area contributed by atoms with E-state index < -0.39 is 35.8 Å². The summed E-state index contributed by atoms with van der Waals surface area (Å²) in [7, 11) is 0. The summed E-state index contributed by atoms with van der Waals surface area (Å²) >= 11 is 0. The fourth-order valence-corrected chi connectivity index (χ4v) is 2.44. The van der Waals surface area contributed by atoms with Gasteiger partial charge in [0.25, 0.3) is 0 Å². The van der Waals surface area contributed by atoms with Gasteiger partial charge in [-0.1, -0.05) is 0 Å². The summed E-state index contributed by atoms with van der Waals surface area (Å²) < 4.78 is 18.3. The number of aliphatic hydroxyl groups is 4. The van der Waals surface area contributed by atoms with Crippen LogP contribution in [-0.2, 0) is 38.1 Å². The van der Waals surface area contributed by atoms with Crippen LogP contribution in [0.5, 0.6) is 0 Å². The molecular weight excluding hydrogens is 568 g/mol. The average molecular weight is 607 g/mol. The summed E-state index contributed by atoms with van der Waals surface area (Å²) in [6.45, 7) is -0.897. The van der Waals surface area contributed by atoms with E-state index in [1.165, 1.54) is 24.3 Å². The first-order chi connectivity index (χ1) is 20.0. The Hall–Kier alpha value is -4.12. The molecule has 1 rings (SSSR count). The third-order valence-electron chi connectivity index (χ3n) is 4.32. The molecule has 0 aliphatic heterocycles. The zero-order chi connectivity index (χ0) is 32.2. The van der Waals surface area contributed by atoms with E-state index in [9.17, 15) is 28.8 Å². The van der Waals surface area contributed by atoms with Crippen LogP contribution in [0.4, 0.5) is 0 Å². The lowest BCUT2D eigenvalue weighted by Crippen LogP contribution is -2.11. The van der Waals surface area contributed by atoms with Crippen molar-refractivity contribution < 1.29 is 78.4 Å². The molecule has 0 aliphatic rings. The molecule has 6 N–H and O–H groups in total. The highest BCUT2D eigenvalue weighted by molar-refractivity contribution is 5.91. The largest absolute Gasteiger partial charge is 0.478 e. The quantitative estimate of drug-likeness (QED) is 0.0912. The SMILES string of the molecule is O=C(CCCC(=O)OCCO)OCCO.O=C(CCCC(=O)OCCO)OCCO.O=C(O)c1ccc(C(=O)O)cc1. The van der Waals surface area contributed by atoms with Crippen molar-refractivity contribution in [2.24, 2.45) is 0 Å². The Kier molecular flexibility index (Phi) is 25.8. The number of ether oxygens (including phenoxy) is 4. The minimum atomic E-state index is -1.06. The molecule has 1 aromatic carbocycles. The molecule has 0 unspecified atom stereocenters. The molecule has 0 aliphatic carbocycles. The van der Waals surface area contributed by atoms with Gasteiger partial charge >= 0.3 is 35.8 Å². The molecule has 0 heterocycles. The smallest absolute Gasteiger partial charge is 0.335 e. The van der Waals surface area contributed by atoms with Gasteiger partial charge in [0.1, 0.15) is 26.4 Å². The summed E-state index contributed by atoms with van der Waals surface area (Å²) in [5, 5.41) is 50.3. The molecule has 0 bridgehead atoms. The lowest BCUT2D eigenvalue weighted by Gasteiger charge is -2.03. The van der Waals surface area contributed by atoms with Crippen molar-refractivity contribution in [1.82, 2.24) is 0 Å². The number of hydrogen-bond donors (Lipinski definition) is 6. The zero-order valence-electron chi connectivity index (χ0n) is 23.0. The van der Waals surface area contributed by atoms with Gasteiger partial charge in [0, 0.05) is 25.7 Å². The highest BCUT2D eigenvalue weighted by Gasteiger charge is 2.08. The van der Waals surface area contributed by atoms with Crippen LogP contribution >= 0.6 is 0 Å². The second kappa shape index (κ2) is 27.1. The Morgan fingerprint density at radius 3 is 0.833 bits per heavy atom. The highest BCUT2D eigenvalue weighted by Crippen LogP contribution is 2.04. The van der Waals surface area contributed by atoms with Crippen molar-refractivity contribution in [3.8, 4) is 0 Å². The maximum atomic E-state index is 10.9. The van der Waals surface area contributed by atoms with Gasteiger partial charge in [-0.15, -0.1) is 0 Å². The molecule has 0 saturated carbocycles. The van der Waals surface area contributed by atoms with Crippen molar-refractivity contribution in [2.45, 2.75) is 38.5 Å². The van der Waals surface area contributed by atoms with Crippen LogP contribution in [-0.4, -0.2) is 119 Å². The monoisotopic (exact) mass is 606 g/mol. The molecule has 1 aromatic rings. The maximum absolute atomic E-state index is 10.9. The first-order valence-electron chi connectivity index (χ1n) is 12.6. The predicted octanol–water partition coefficient (Wildman–Crippen LogP) is -0.462.